The zero-order chi connectivity index (χ0) is 11.5. The Kier molecular flexibility index (Phi) is 2.69. The number of pyridine rings is 1. The summed E-state index contributed by atoms with van der Waals surface area (Å²) in [6, 6.07) is 7.76. The van der Waals surface area contributed by atoms with Crippen LogP contribution in [-0.4, -0.2) is 21.5 Å². The summed E-state index contributed by atoms with van der Waals surface area (Å²) in [5.41, 5.74) is 1.74. The Morgan fingerprint density at radius 1 is 1.12 bits per heavy atom. The molecule has 2 heterocycles. The molecule has 3 rings (SSSR count). The van der Waals surface area contributed by atoms with E-state index < -0.39 is 0 Å². The van der Waals surface area contributed by atoms with Crippen LogP contribution >= 0.6 is 0 Å². The fourth-order valence-corrected chi connectivity index (χ4v) is 1.68. The second kappa shape index (κ2) is 4.49. The first kappa shape index (κ1) is 10.2. The van der Waals surface area contributed by atoms with Crippen LogP contribution in [0.25, 0.3) is 11.4 Å². The topological polar surface area (TPSA) is 50.7 Å². The highest BCUT2D eigenvalue weighted by molar-refractivity contribution is 5.57. The molecule has 2 aromatic heterocycles. The van der Waals surface area contributed by atoms with Crippen LogP contribution in [0.2, 0.25) is 0 Å². The summed E-state index contributed by atoms with van der Waals surface area (Å²) in [7, 11) is 0. The van der Waals surface area contributed by atoms with Gasteiger partial charge in [-0.3, -0.25) is 4.98 Å². The largest absolute Gasteiger partial charge is 0.370 e. The third-order valence-corrected chi connectivity index (χ3v) is 2.86. The van der Waals surface area contributed by atoms with Crippen molar-refractivity contribution in [1.29, 1.82) is 0 Å². The number of hydrogen-bond donors (Lipinski definition) is 1. The van der Waals surface area contributed by atoms with Crippen molar-refractivity contribution in [3.05, 3.63) is 36.8 Å². The third kappa shape index (κ3) is 2.58. The molecule has 2 aromatic rings. The lowest BCUT2D eigenvalue weighted by Crippen LogP contribution is -2.05. The fourth-order valence-electron chi connectivity index (χ4n) is 1.68. The van der Waals surface area contributed by atoms with Crippen molar-refractivity contribution in [2.75, 3.05) is 11.9 Å². The average molecular weight is 226 g/mol. The predicted molar refractivity (Wildman–Crippen MR) is 66.5 cm³/mol. The quantitative estimate of drug-likeness (QED) is 0.869. The van der Waals surface area contributed by atoms with Crippen LogP contribution in [0.4, 0.5) is 5.82 Å². The van der Waals surface area contributed by atoms with E-state index in [-0.39, 0.29) is 0 Å². The normalized spacial score (nSPS) is 14.6. The molecule has 1 fully saturated rings. The molecule has 0 spiro atoms. The maximum atomic E-state index is 4.28. The Balaban J connectivity index is 1.78. The van der Waals surface area contributed by atoms with Crippen LogP contribution in [0, 0.1) is 5.92 Å². The Hall–Kier alpha value is -1.97. The standard InChI is InChI=1S/C13H14N4/c1-2-6-14-11(3-1)12-7-13(17-9-16-12)15-8-10-4-5-10/h1-3,6-7,9-10H,4-5,8H2,(H,15,16,17). The van der Waals surface area contributed by atoms with Gasteiger partial charge in [0.25, 0.3) is 0 Å². The van der Waals surface area contributed by atoms with Crippen molar-refractivity contribution in [3.8, 4) is 11.4 Å². The number of nitrogens with one attached hydrogen (secondary N) is 1. The molecular formula is C13H14N4. The molecule has 0 unspecified atom stereocenters. The molecule has 1 aliphatic carbocycles. The monoisotopic (exact) mass is 226 g/mol. The second-order valence-corrected chi connectivity index (χ2v) is 4.33. The van der Waals surface area contributed by atoms with Gasteiger partial charge in [0.15, 0.2) is 0 Å². The van der Waals surface area contributed by atoms with Gasteiger partial charge in [0.05, 0.1) is 11.4 Å². The molecule has 0 saturated heterocycles. The van der Waals surface area contributed by atoms with Crippen molar-refractivity contribution in [1.82, 2.24) is 15.0 Å². The number of anilines is 1. The molecule has 0 radical (unpaired) electrons. The van der Waals surface area contributed by atoms with Gasteiger partial charge in [0, 0.05) is 18.8 Å². The van der Waals surface area contributed by atoms with Crippen molar-refractivity contribution in [2.45, 2.75) is 12.8 Å². The summed E-state index contributed by atoms with van der Waals surface area (Å²) >= 11 is 0. The van der Waals surface area contributed by atoms with Gasteiger partial charge in [-0.25, -0.2) is 9.97 Å². The van der Waals surface area contributed by atoms with Crippen LogP contribution in [0.1, 0.15) is 12.8 Å². The number of nitrogens with zero attached hydrogens (tertiary/aromatic N) is 3. The second-order valence-electron chi connectivity index (χ2n) is 4.33. The van der Waals surface area contributed by atoms with Gasteiger partial charge >= 0.3 is 0 Å². The summed E-state index contributed by atoms with van der Waals surface area (Å²) in [6.45, 7) is 1.01. The molecule has 4 nitrogen and oxygen atoms in total. The van der Waals surface area contributed by atoms with Gasteiger partial charge in [0.2, 0.25) is 0 Å². The SMILES string of the molecule is c1ccc(-c2cc(NCC3CC3)ncn2)nc1. The third-order valence-electron chi connectivity index (χ3n) is 2.86. The maximum absolute atomic E-state index is 4.28. The van der Waals surface area contributed by atoms with Crippen LogP contribution in [-0.2, 0) is 0 Å². The van der Waals surface area contributed by atoms with E-state index in [1.54, 1.807) is 12.5 Å². The van der Waals surface area contributed by atoms with E-state index in [4.69, 9.17) is 0 Å². The highest BCUT2D eigenvalue weighted by atomic mass is 15.0. The van der Waals surface area contributed by atoms with E-state index in [1.807, 2.05) is 24.3 Å². The van der Waals surface area contributed by atoms with Crippen LogP contribution < -0.4 is 5.32 Å². The van der Waals surface area contributed by atoms with Gasteiger partial charge in [-0.1, -0.05) is 6.07 Å². The Bertz CT molecular complexity index is 494. The zero-order valence-electron chi connectivity index (χ0n) is 9.50. The minimum atomic E-state index is 0.836. The molecule has 4 heteroatoms. The Morgan fingerprint density at radius 3 is 2.82 bits per heavy atom. The van der Waals surface area contributed by atoms with E-state index in [1.165, 1.54) is 12.8 Å². The smallest absolute Gasteiger partial charge is 0.130 e. The molecule has 0 aromatic carbocycles. The minimum Gasteiger partial charge on any atom is -0.370 e. The Labute approximate surface area is 100 Å². The molecule has 1 N–H and O–H groups in total. The van der Waals surface area contributed by atoms with Crippen molar-refractivity contribution in [2.24, 2.45) is 5.92 Å². The maximum Gasteiger partial charge on any atom is 0.130 e. The van der Waals surface area contributed by atoms with Crippen LogP contribution in [0.5, 0.6) is 0 Å². The predicted octanol–water partition coefficient (Wildman–Crippen LogP) is 2.36. The van der Waals surface area contributed by atoms with Gasteiger partial charge in [-0.15, -0.1) is 0 Å². The summed E-state index contributed by atoms with van der Waals surface area (Å²) in [6.07, 6.45) is 6.03. The van der Waals surface area contributed by atoms with Gasteiger partial charge in [0.1, 0.15) is 12.1 Å². The lowest BCUT2D eigenvalue weighted by Gasteiger charge is -2.05. The lowest BCUT2D eigenvalue weighted by atomic mass is 10.2. The molecule has 17 heavy (non-hydrogen) atoms. The van der Waals surface area contributed by atoms with Crippen molar-refractivity contribution in [3.63, 3.8) is 0 Å². The lowest BCUT2D eigenvalue weighted by molar-refractivity contribution is 0.881. The first-order chi connectivity index (χ1) is 8.42. The van der Waals surface area contributed by atoms with Crippen molar-refractivity contribution >= 4 is 5.82 Å². The fraction of sp³-hybridized carbons (Fsp3) is 0.308. The van der Waals surface area contributed by atoms with Gasteiger partial charge in [-0.2, -0.15) is 0 Å². The molecule has 0 atom stereocenters. The molecule has 86 valence electrons. The van der Waals surface area contributed by atoms with E-state index >= 15 is 0 Å². The summed E-state index contributed by atoms with van der Waals surface area (Å²) < 4.78 is 0. The van der Waals surface area contributed by atoms with E-state index in [9.17, 15) is 0 Å². The van der Waals surface area contributed by atoms with Gasteiger partial charge in [-0.05, 0) is 30.9 Å². The highest BCUT2D eigenvalue weighted by Gasteiger charge is 2.20. The average Bonchev–Trinajstić information content (AvgIpc) is 3.22. The first-order valence-electron chi connectivity index (χ1n) is 5.89. The Morgan fingerprint density at radius 2 is 2.06 bits per heavy atom. The molecule has 1 aliphatic rings. The molecule has 0 amide bonds. The van der Waals surface area contributed by atoms with E-state index in [0.717, 1.165) is 29.7 Å². The minimum absolute atomic E-state index is 0.836. The molecule has 0 aliphatic heterocycles. The summed E-state index contributed by atoms with van der Waals surface area (Å²) in [5, 5.41) is 3.34. The molecular weight excluding hydrogens is 212 g/mol. The molecule has 1 saturated carbocycles. The number of rotatable bonds is 4. The van der Waals surface area contributed by atoms with Crippen LogP contribution in [0.3, 0.4) is 0 Å². The van der Waals surface area contributed by atoms with Crippen LogP contribution in [0.15, 0.2) is 36.8 Å². The zero-order valence-corrected chi connectivity index (χ0v) is 9.50. The number of aromatic nitrogens is 3. The summed E-state index contributed by atoms with van der Waals surface area (Å²) in [5.74, 6) is 1.72. The van der Waals surface area contributed by atoms with E-state index in [2.05, 4.69) is 20.3 Å². The van der Waals surface area contributed by atoms with E-state index in [0.29, 0.717) is 0 Å². The summed E-state index contributed by atoms with van der Waals surface area (Å²) in [4.78, 5) is 12.7. The van der Waals surface area contributed by atoms with Crippen molar-refractivity contribution < 1.29 is 0 Å². The van der Waals surface area contributed by atoms with Gasteiger partial charge < -0.3 is 5.32 Å². The number of hydrogen-bond acceptors (Lipinski definition) is 4. The first-order valence-corrected chi connectivity index (χ1v) is 5.89. The highest BCUT2D eigenvalue weighted by Crippen LogP contribution is 2.28. The molecule has 0 bridgehead atoms.